The quantitative estimate of drug-likeness (QED) is 0.657. The van der Waals surface area contributed by atoms with E-state index in [-0.39, 0.29) is 17.5 Å². The number of hydrogen-bond acceptors (Lipinski definition) is 3. The number of piperidine rings is 1. The average Bonchev–Trinajstić information content (AvgIpc) is 2.95. The summed E-state index contributed by atoms with van der Waals surface area (Å²) < 4.78 is 3.18. The molecule has 0 spiro atoms. The van der Waals surface area contributed by atoms with Crippen molar-refractivity contribution in [3.05, 3.63) is 62.5 Å². The lowest BCUT2D eigenvalue weighted by atomic mass is 9.96. The fourth-order valence-corrected chi connectivity index (χ4v) is 4.67. The Balaban J connectivity index is 1.46. The lowest BCUT2D eigenvalue weighted by Crippen LogP contribution is -2.40. The summed E-state index contributed by atoms with van der Waals surface area (Å²) in [6.45, 7) is 2.18. The number of amides is 1. The maximum atomic E-state index is 12.9. The van der Waals surface area contributed by atoms with Gasteiger partial charge in [0.05, 0.1) is 17.0 Å². The number of likely N-dealkylation sites (tertiary alicyclic amines) is 1. The molecular formula is C22H24Cl2N4O2. The number of benzene rings is 2. The minimum atomic E-state index is -0.115. The van der Waals surface area contributed by atoms with Gasteiger partial charge in [-0.15, -0.1) is 0 Å². The molecular weight excluding hydrogens is 423 g/mol. The van der Waals surface area contributed by atoms with E-state index in [0.29, 0.717) is 28.8 Å². The first kappa shape index (κ1) is 21.0. The van der Waals surface area contributed by atoms with E-state index in [4.69, 9.17) is 23.2 Å². The highest BCUT2D eigenvalue weighted by Gasteiger charge is 2.27. The predicted molar refractivity (Wildman–Crippen MR) is 121 cm³/mol. The van der Waals surface area contributed by atoms with Gasteiger partial charge in [0.25, 0.3) is 0 Å². The molecule has 4 rings (SSSR count). The van der Waals surface area contributed by atoms with Crippen LogP contribution in [-0.2, 0) is 25.4 Å². The predicted octanol–water partition coefficient (Wildman–Crippen LogP) is 4.03. The van der Waals surface area contributed by atoms with Crippen molar-refractivity contribution in [1.29, 1.82) is 0 Å². The largest absolute Gasteiger partial charge is 0.328 e. The van der Waals surface area contributed by atoms with Gasteiger partial charge in [0, 0.05) is 48.5 Å². The van der Waals surface area contributed by atoms with E-state index in [9.17, 15) is 9.59 Å². The van der Waals surface area contributed by atoms with Gasteiger partial charge in [0.15, 0.2) is 0 Å². The molecule has 3 aromatic rings. The van der Waals surface area contributed by atoms with Crippen molar-refractivity contribution in [3.8, 4) is 0 Å². The molecule has 2 aromatic carbocycles. The summed E-state index contributed by atoms with van der Waals surface area (Å²) in [5, 5.41) is 4.32. The van der Waals surface area contributed by atoms with Gasteiger partial charge in [-0.2, -0.15) is 0 Å². The van der Waals surface area contributed by atoms with Crippen molar-refractivity contribution in [1.82, 2.24) is 14.0 Å². The second kappa shape index (κ2) is 8.46. The minimum absolute atomic E-state index is 0.00904. The van der Waals surface area contributed by atoms with Crippen LogP contribution in [-0.4, -0.2) is 33.0 Å². The Labute approximate surface area is 185 Å². The number of nitrogens with one attached hydrogen (secondary N) is 1. The van der Waals surface area contributed by atoms with E-state index in [2.05, 4.69) is 10.2 Å². The minimum Gasteiger partial charge on any atom is -0.326 e. The molecule has 1 aromatic heterocycles. The van der Waals surface area contributed by atoms with Gasteiger partial charge >= 0.3 is 5.69 Å². The molecule has 1 fully saturated rings. The Hall–Kier alpha value is -2.28. The molecule has 1 aliphatic heterocycles. The van der Waals surface area contributed by atoms with Crippen molar-refractivity contribution in [2.75, 3.05) is 18.4 Å². The molecule has 0 bridgehead atoms. The second-order valence-corrected chi connectivity index (χ2v) is 8.68. The molecule has 1 unspecified atom stereocenters. The van der Waals surface area contributed by atoms with E-state index in [1.807, 2.05) is 36.4 Å². The van der Waals surface area contributed by atoms with Crippen molar-refractivity contribution < 1.29 is 4.79 Å². The Morgan fingerprint density at radius 1 is 1.10 bits per heavy atom. The maximum absolute atomic E-state index is 12.9. The fraction of sp³-hybridized carbons (Fsp3) is 0.364. The number of fused-ring (bicyclic) bond motifs is 1. The van der Waals surface area contributed by atoms with Crippen LogP contribution in [0.3, 0.4) is 0 Å². The normalized spacial score (nSPS) is 17.4. The third kappa shape index (κ3) is 4.00. The van der Waals surface area contributed by atoms with Crippen LogP contribution in [0.5, 0.6) is 0 Å². The van der Waals surface area contributed by atoms with E-state index >= 15 is 0 Å². The molecule has 8 heteroatoms. The monoisotopic (exact) mass is 446 g/mol. The van der Waals surface area contributed by atoms with E-state index in [1.165, 1.54) is 0 Å². The lowest BCUT2D eigenvalue weighted by Gasteiger charge is -2.32. The summed E-state index contributed by atoms with van der Waals surface area (Å²) in [4.78, 5) is 27.3. The van der Waals surface area contributed by atoms with Gasteiger partial charge in [-0.05, 0) is 49.7 Å². The first-order chi connectivity index (χ1) is 14.3. The van der Waals surface area contributed by atoms with Crippen LogP contribution in [0.2, 0.25) is 10.0 Å². The Kier molecular flexibility index (Phi) is 5.91. The van der Waals surface area contributed by atoms with Gasteiger partial charge in [0.1, 0.15) is 0 Å². The number of aryl methyl sites for hydroxylation is 2. The van der Waals surface area contributed by atoms with Crippen molar-refractivity contribution >= 4 is 45.8 Å². The third-order valence-electron chi connectivity index (χ3n) is 5.86. The molecule has 1 amide bonds. The van der Waals surface area contributed by atoms with Gasteiger partial charge in [-0.1, -0.05) is 29.3 Å². The van der Waals surface area contributed by atoms with E-state index < -0.39 is 0 Å². The second-order valence-electron chi connectivity index (χ2n) is 7.87. The molecule has 0 radical (unpaired) electrons. The molecule has 1 atom stereocenters. The summed E-state index contributed by atoms with van der Waals surface area (Å²) >= 11 is 12.6. The lowest BCUT2D eigenvalue weighted by molar-refractivity contribution is -0.121. The number of carbonyl (C=O) groups excluding carboxylic acids is 1. The number of nitrogens with zero attached hydrogens (tertiary/aromatic N) is 3. The number of aromatic nitrogens is 2. The molecule has 0 saturated carbocycles. The van der Waals surface area contributed by atoms with Crippen LogP contribution >= 0.6 is 23.2 Å². The number of rotatable bonds is 4. The number of hydrogen-bond donors (Lipinski definition) is 1. The summed E-state index contributed by atoms with van der Waals surface area (Å²) in [7, 11) is 3.47. The number of imidazole rings is 1. The number of anilines is 1. The van der Waals surface area contributed by atoms with Crippen LogP contribution in [0.15, 0.2) is 41.2 Å². The smallest absolute Gasteiger partial charge is 0.326 e. The summed E-state index contributed by atoms with van der Waals surface area (Å²) in [5.41, 5.74) is 3.13. The molecule has 0 aliphatic carbocycles. The molecule has 1 saturated heterocycles. The topological polar surface area (TPSA) is 59.3 Å². The highest BCUT2D eigenvalue weighted by Crippen LogP contribution is 2.28. The highest BCUT2D eigenvalue weighted by atomic mass is 35.5. The Morgan fingerprint density at radius 2 is 1.80 bits per heavy atom. The average molecular weight is 447 g/mol. The number of halogens is 2. The summed E-state index contributed by atoms with van der Waals surface area (Å²) in [6, 6.07) is 11.1. The van der Waals surface area contributed by atoms with E-state index in [0.717, 1.165) is 36.0 Å². The van der Waals surface area contributed by atoms with Crippen molar-refractivity contribution in [3.63, 3.8) is 0 Å². The van der Waals surface area contributed by atoms with E-state index in [1.54, 1.807) is 23.2 Å². The van der Waals surface area contributed by atoms with Gasteiger partial charge in [0.2, 0.25) is 5.91 Å². The molecule has 1 aliphatic rings. The first-order valence-electron chi connectivity index (χ1n) is 9.96. The van der Waals surface area contributed by atoms with Crippen LogP contribution in [0, 0.1) is 5.92 Å². The maximum Gasteiger partial charge on any atom is 0.328 e. The zero-order valence-corrected chi connectivity index (χ0v) is 18.5. The molecule has 1 N–H and O–H groups in total. The molecule has 6 nitrogen and oxygen atoms in total. The van der Waals surface area contributed by atoms with Gasteiger partial charge in [-0.3, -0.25) is 18.8 Å². The van der Waals surface area contributed by atoms with Crippen LogP contribution in [0.1, 0.15) is 18.4 Å². The summed E-state index contributed by atoms with van der Waals surface area (Å²) in [6.07, 6.45) is 1.77. The van der Waals surface area contributed by atoms with Crippen LogP contribution in [0.4, 0.5) is 5.69 Å². The first-order valence-corrected chi connectivity index (χ1v) is 10.7. The summed E-state index contributed by atoms with van der Waals surface area (Å²) in [5.74, 6) is -0.125. The number of carbonyl (C=O) groups is 1. The van der Waals surface area contributed by atoms with Crippen LogP contribution < -0.4 is 11.0 Å². The zero-order valence-electron chi connectivity index (χ0n) is 17.0. The highest BCUT2D eigenvalue weighted by molar-refractivity contribution is 6.35. The van der Waals surface area contributed by atoms with Crippen molar-refractivity contribution in [2.24, 2.45) is 20.0 Å². The standard InChI is InChI=1S/C22H24Cl2N4O2/c1-26-19-9-8-15(11-20(19)27(2)22(26)30)25-21(29)14-5-4-10-28(12-14)13-16-17(23)6-3-7-18(16)24/h3,6-9,11,14H,4-5,10,12-13H2,1-2H3,(H,25,29). The molecule has 158 valence electrons. The van der Waals surface area contributed by atoms with Crippen LogP contribution in [0.25, 0.3) is 11.0 Å². The molecule has 2 heterocycles. The Bertz CT molecular complexity index is 1150. The van der Waals surface area contributed by atoms with Gasteiger partial charge < -0.3 is 5.32 Å². The third-order valence-corrected chi connectivity index (χ3v) is 6.57. The Morgan fingerprint density at radius 3 is 2.53 bits per heavy atom. The fourth-order valence-electron chi connectivity index (χ4n) is 4.15. The van der Waals surface area contributed by atoms with Gasteiger partial charge in [-0.25, -0.2) is 4.79 Å². The molecule has 30 heavy (non-hydrogen) atoms. The zero-order chi connectivity index (χ0) is 21.4. The SMILES string of the molecule is Cn1c(=O)n(C)c2cc(NC(=O)C3CCCN(Cc4c(Cl)cccc4Cl)C3)ccc21. The van der Waals surface area contributed by atoms with Crippen molar-refractivity contribution in [2.45, 2.75) is 19.4 Å².